The van der Waals surface area contributed by atoms with E-state index in [0.717, 1.165) is 32.1 Å². The highest BCUT2D eigenvalue weighted by atomic mass is 16.5. The first-order valence-corrected chi connectivity index (χ1v) is 8.22. The van der Waals surface area contributed by atoms with Crippen molar-refractivity contribution in [3.05, 3.63) is 0 Å². The summed E-state index contributed by atoms with van der Waals surface area (Å²) in [6, 6.07) is 0.522. The van der Waals surface area contributed by atoms with Crippen LogP contribution in [-0.4, -0.2) is 74.7 Å². The SMILES string of the molecule is CCNC(=NCCN(C)C(C)C)N1CC(C)C(C(=O)OC)C1. The Bertz CT molecular complexity index is 384. The van der Waals surface area contributed by atoms with Gasteiger partial charge in [-0.05, 0) is 33.7 Å². The summed E-state index contributed by atoms with van der Waals surface area (Å²) in [7, 11) is 3.57. The minimum Gasteiger partial charge on any atom is -0.469 e. The van der Waals surface area contributed by atoms with Crippen LogP contribution in [0.2, 0.25) is 0 Å². The highest BCUT2D eigenvalue weighted by molar-refractivity contribution is 5.82. The number of methoxy groups -OCH3 is 1. The fourth-order valence-corrected chi connectivity index (χ4v) is 2.60. The molecule has 22 heavy (non-hydrogen) atoms. The summed E-state index contributed by atoms with van der Waals surface area (Å²) in [5, 5.41) is 3.33. The van der Waals surface area contributed by atoms with Crippen LogP contribution < -0.4 is 5.32 Å². The van der Waals surface area contributed by atoms with Gasteiger partial charge in [-0.3, -0.25) is 9.79 Å². The number of esters is 1. The van der Waals surface area contributed by atoms with Crippen molar-refractivity contribution in [2.45, 2.75) is 33.7 Å². The van der Waals surface area contributed by atoms with E-state index in [2.05, 4.69) is 49.9 Å². The summed E-state index contributed by atoms with van der Waals surface area (Å²) in [6.07, 6.45) is 0. The van der Waals surface area contributed by atoms with Crippen molar-refractivity contribution in [3.8, 4) is 0 Å². The fourth-order valence-electron chi connectivity index (χ4n) is 2.60. The minimum absolute atomic E-state index is 0.0628. The maximum atomic E-state index is 11.8. The lowest BCUT2D eigenvalue weighted by atomic mass is 9.99. The van der Waals surface area contributed by atoms with E-state index in [9.17, 15) is 4.79 Å². The van der Waals surface area contributed by atoms with Crippen molar-refractivity contribution in [1.29, 1.82) is 0 Å². The first-order chi connectivity index (χ1) is 10.4. The number of hydrogen-bond acceptors (Lipinski definition) is 4. The topological polar surface area (TPSA) is 57.2 Å². The zero-order chi connectivity index (χ0) is 16.7. The van der Waals surface area contributed by atoms with Crippen LogP contribution in [0.3, 0.4) is 0 Å². The molecule has 6 nitrogen and oxygen atoms in total. The van der Waals surface area contributed by atoms with E-state index >= 15 is 0 Å². The first-order valence-electron chi connectivity index (χ1n) is 8.22. The van der Waals surface area contributed by atoms with E-state index in [0.29, 0.717) is 12.6 Å². The average Bonchev–Trinajstić information content (AvgIpc) is 2.87. The van der Waals surface area contributed by atoms with Gasteiger partial charge < -0.3 is 19.9 Å². The Morgan fingerprint density at radius 3 is 2.68 bits per heavy atom. The largest absolute Gasteiger partial charge is 0.469 e. The monoisotopic (exact) mass is 312 g/mol. The summed E-state index contributed by atoms with van der Waals surface area (Å²) < 4.78 is 4.90. The molecule has 0 bridgehead atoms. The zero-order valence-corrected chi connectivity index (χ0v) is 14.9. The van der Waals surface area contributed by atoms with Crippen molar-refractivity contribution in [1.82, 2.24) is 15.1 Å². The molecule has 1 aliphatic rings. The number of rotatable bonds is 6. The van der Waals surface area contributed by atoms with E-state index < -0.39 is 0 Å². The Morgan fingerprint density at radius 1 is 1.45 bits per heavy atom. The second-order valence-electron chi connectivity index (χ2n) is 6.32. The second-order valence-corrected chi connectivity index (χ2v) is 6.32. The highest BCUT2D eigenvalue weighted by Crippen LogP contribution is 2.24. The molecule has 1 aliphatic heterocycles. The van der Waals surface area contributed by atoms with Crippen LogP contribution in [0.15, 0.2) is 4.99 Å². The first kappa shape index (κ1) is 18.7. The molecule has 0 aromatic rings. The van der Waals surface area contributed by atoms with E-state index in [1.165, 1.54) is 7.11 Å². The van der Waals surface area contributed by atoms with Gasteiger partial charge in [0.25, 0.3) is 0 Å². The summed E-state index contributed by atoms with van der Waals surface area (Å²) in [6.45, 7) is 12.5. The third kappa shape index (κ3) is 5.16. The van der Waals surface area contributed by atoms with Crippen molar-refractivity contribution >= 4 is 11.9 Å². The smallest absolute Gasteiger partial charge is 0.310 e. The van der Waals surface area contributed by atoms with Crippen molar-refractivity contribution < 1.29 is 9.53 Å². The summed E-state index contributed by atoms with van der Waals surface area (Å²) in [5.41, 5.74) is 0. The van der Waals surface area contributed by atoms with Gasteiger partial charge in [0.05, 0.1) is 19.6 Å². The number of nitrogens with zero attached hydrogens (tertiary/aromatic N) is 3. The molecule has 2 unspecified atom stereocenters. The number of carbonyl (C=O) groups excluding carboxylic acids is 1. The molecular weight excluding hydrogens is 280 g/mol. The number of hydrogen-bond donors (Lipinski definition) is 1. The minimum atomic E-state index is -0.120. The molecule has 1 fully saturated rings. The summed E-state index contributed by atoms with van der Waals surface area (Å²) in [4.78, 5) is 21.0. The lowest BCUT2D eigenvalue weighted by Gasteiger charge is -2.23. The summed E-state index contributed by atoms with van der Waals surface area (Å²) in [5.74, 6) is 1.00. The number of guanidine groups is 1. The predicted octanol–water partition coefficient (Wildman–Crippen LogP) is 1.03. The van der Waals surface area contributed by atoms with Crippen molar-refractivity contribution in [2.24, 2.45) is 16.8 Å². The van der Waals surface area contributed by atoms with Gasteiger partial charge in [0.2, 0.25) is 0 Å². The van der Waals surface area contributed by atoms with E-state index in [4.69, 9.17) is 9.73 Å². The predicted molar refractivity (Wildman–Crippen MR) is 90.0 cm³/mol. The second kappa shape index (κ2) is 8.98. The molecule has 1 rings (SSSR count). The number of likely N-dealkylation sites (tertiary alicyclic amines) is 1. The lowest BCUT2D eigenvalue weighted by Crippen LogP contribution is -2.41. The third-order valence-corrected chi connectivity index (χ3v) is 4.35. The molecule has 0 aromatic heterocycles. The van der Waals surface area contributed by atoms with Crippen LogP contribution in [0.1, 0.15) is 27.7 Å². The van der Waals surface area contributed by atoms with Gasteiger partial charge in [-0.2, -0.15) is 0 Å². The fraction of sp³-hybridized carbons (Fsp3) is 0.875. The zero-order valence-electron chi connectivity index (χ0n) is 14.9. The molecule has 1 N–H and O–H groups in total. The molecule has 0 radical (unpaired) electrons. The Hall–Kier alpha value is -1.30. The Balaban J connectivity index is 2.65. The molecule has 0 saturated carbocycles. The normalized spacial score (nSPS) is 22.5. The number of carbonyl (C=O) groups is 1. The number of nitrogens with one attached hydrogen (secondary N) is 1. The standard InChI is InChI=1S/C16H32N4O2/c1-7-17-16(18-8-9-19(5)12(2)3)20-10-13(4)14(11-20)15(21)22-6/h12-14H,7-11H2,1-6H3,(H,17,18). The molecule has 0 spiro atoms. The maximum Gasteiger partial charge on any atom is 0.310 e. The van der Waals surface area contributed by atoms with Gasteiger partial charge in [-0.25, -0.2) is 0 Å². The summed E-state index contributed by atoms with van der Waals surface area (Å²) >= 11 is 0. The van der Waals surface area contributed by atoms with E-state index in [-0.39, 0.29) is 17.8 Å². The lowest BCUT2D eigenvalue weighted by molar-refractivity contribution is -0.145. The van der Waals surface area contributed by atoms with Gasteiger partial charge in [0.1, 0.15) is 0 Å². The molecule has 1 saturated heterocycles. The van der Waals surface area contributed by atoms with Crippen LogP contribution in [0, 0.1) is 11.8 Å². The van der Waals surface area contributed by atoms with Gasteiger partial charge in [0.15, 0.2) is 5.96 Å². The van der Waals surface area contributed by atoms with E-state index in [1.807, 2.05) is 0 Å². The number of aliphatic imine (C=N–C) groups is 1. The van der Waals surface area contributed by atoms with Gasteiger partial charge >= 0.3 is 5.97 Å². The Morgan fingerprint density at radius 2 is 2.14 bits per heavy atom. The van der Waals surface area contributed by atoms with Gasteiger partial charge in [-0.15, -0.1) is 0 Å². The van der Waals surface area contributed by atoms with Crippen LogP contribution in [0.25, 0.3) is 0 Å². The molecule has 128 valence electrons. The Labute approximate surface area is 134 Å². The number of likely N-dealkylation sites (N-methyl/N-ethyl adjacent to an activating group) is 1. The highest BCUT2D eigenvalue weighted by Gasteiger charge is 2.36. The average molecular weight is 312 g/mol. The van der Waals surface area contributed by atoms with Crippen molar-refractivity contribution in [3.63, 3.8) is 0 Å². The third-order valence-electron chi connectivity index (χ3n) is 4.35. The molecule has 6 heteroatoms. The van der Waals surface area contributed by atoms with Crippen LogP contribution in [-0.2, 0) is 9.53 Å². The quantitative estimate of drug-likeness (QED) is 0.451. The number of ether oxygens (including phenoxy) is 1. The van der Waals surface area contributed by atoms with Crippen molar-refractivity contribution in [2.75, 3.05) is 46.9 Å². The van der Waals surface area contributed by atoms with Gasteiger partial charge in [-0.1, -0.05) is 6.92 Å². The molecule has 1 heterocycles. The molecule has 2 atom stereocenters. The van der Waals surface area contributed by atoms with Gasteiger partial charge in [0, 0.05) is 32.2 Å². The van der Waals surface area contributed by atoms with Crippen LogP contribution in [0.4, 0.5) is 0 Å². The van der Waals surface area contributed by atoms with Crippen LogP contribution in [0.5, 0.6) is 0 Å². The van der Waals surface area contributed by atoms with E-state index in [1.54, 1.807) is 0 Å². The molecule has 0 aliphatic carbocycles. The molecule has 0 amide bonds. The maximum absolute atomic E-state index is 11.8. The molecular formula is C16H32N4O2. The molecule has 0 aromatic carbocycles. The van der Waals surface area contributed by atoms with Crippen LogP contribution >= 0.6 is 0 Å². The Kier molecular flexibility index (Phi) is 7.65.